The molecule has 2 aliphatic rings. The summed E-state index contributed by atoms with van der Waals surface area (Å²) < 4.78 is 14.1. The Balaban J connectivity index is 1.26. The van der Waals surface area contributed by atoms with E-state index in [0.717, 1.165) is 43.4 Å². The number of nitrogens with zero attached hydrogens (tertiary/aromatic N) is 3. The zero-order valence-corrected chi connectivity index (χ0v) is 24.3. The molecule has 0 saturated carbocycles. The van der Waals surface area contributed by atoms with E-state index in [2.05, 4.69) is 68.3 Å². The minimum Gasteiger partial charge on any atom is -0.449 e. The molecule has 2 heterocycles. The highest BCUT2D eigenvalue weighted by Crippen LogP contribution is 2.49. The topological polar surface area (TPSA) is 57.1 Å². The molecule has 4 aromatic carbocycles. The van der Waals surface area contributed by atoms with Crippen LogP contribution in [0.25, 0.3) is 33.9 Å². The Bertz CT molecular complexity index is 1820. The maximum Gasteiger partial charge on any atom is 0.171 e. The van der Waals surface area contributed by atoms with Gasteiger partial charge in [0.2, 0.25) is 0 Å². The van der Waals surface area contributed by atoms with Crippen molar-refractivity contribution in [3.63, 3.8) is 0 Å². The first-order valence-electron chi connectivity index (χ1n) is 12.8. The molecule has 1 aromatic heterocycles. The highest BCUT2D eigenvalue weighted by molar-refractivity contribution is 9.13. The summed E-state index contributed by atoms with van der Waals surface area (Å²) in [5.74, 6) is 4.86. The van der Waals surface area contributed by atoms with Gasteiger partial charge in [0.15, 0.2) is 34.6 Å². The normalized spacial score (nSPS) is 15.1. The predicted molar refractivity (Wildman–Crippen MR) is 164 cm³/mol. The molecule has 194 valence electrons. The summed E-state index contributed by atoms with van der Waals surface area (Å²) in [6, 6.07) is 28.1. The van der Waals surface area contributed by atoms with Gasteiger partial charge in [-0.15, -0.1) is 0 Å². The Kier molecular flexibility index (Phi) is 6.54. The predicted octanol–water partition coefficient (Wildman–Crippen LogP) is 9.90. The molecular formula is C33H21Br2N3O2. The molecule has 1 aliphatic heterocycles. The fourth-order valence-electron chi connectivity index (χ4n) is 4.77. The fourth-order valence-corrected chi connectivity index (χ4v) is 5.42. The second-order valence-corrected chi connectivity index (χ2v) is 11.2. The van der Waals surface area contributed by atoms with Crippen molar-refractivity contribution in [3.05, 3.63) is 124 Å². The summed E-state index contributed by atoms with van der Waals surface area (Å²) >= 11 is 7.06. The summed E-state index contributed by atoms with van der Waals surface area (Å²) in [4.78, 5) is 14.7. The number of benzene rings is 4. The van der Waals surface area contributed by atoms with E-state index in [1.165, 1.54) is 0 Å². The SMILES string of the molecule is Brc1cc2c(cc1Br)Oc1cc(-c3cccc(-c4nc(-c5ccccc5)nc(C5C=CC=CC5)n4)c3)ccc1O2. The molecule has 0 spiro atoms. The van der Waals surface area contributed by atoms with E-state index in [-0.39, 0.29) is 5.92 Å². The van der Waals surface area contributed by atoms with Crippen LogP contribution in [0.2, 0.25) is 0 Å². The maximum absolute atomic E-state index is 6.22. The van der Waals surface area contributed by atoms with Crippen LogP contribution >= 0.6 is 31.9 Å². The van der Waals surface area contributed by atoms with Crippen LogP contribution in [-0.4, -0.2) is 15.0 Å². The van der Waals surface area contributed by atoms with Crippen molar-refractivity contribution in [3.8, 4) is 56.9 Å². The summed E-state index contributed by atoms with van der Waals surface area (Å²) in [6.07, 6.45) is 9.27. The average molecular weight is 651 g/mol. The lowest BCUT2D eigenvalue weighted by Gasteiger charge is -2.22. The number of hydrogen-bond donors (Lipinski definition) is 0. The third kappa shape index (κ3) is 4.87. The molecule has 1 unspecified atom stereocenters. The minimum absolute atomic E-state index is 0.110. The molecule has 1 atom stereocenters. The number of aromatic nitrogens is 3. The van der Waals surface area contributed by atoms with E-state index < -0.39 is 0 Å². The standard InChI is InChI=1S/C33H21Br2N3O2/c34-25-18-29-30(19-26(25)35)40-28-17-23(14-15-27(28)39-29)22-12-7-13-24(16-22)33-37-31(20-8-3-1-4-9-20)36-32(38-33)21-10-5-2-6-11-21/h1-10,12-19,21H,11H2. The van der Waals surface area contributed by atoms with Crippen LogP contribution < -0.4 is 9.47 Å². The lowest BCUT2D eigenvalue weighted by Crippen LogP contribution is -2.07. The van der Waals surface area contributed by atoms with Gasteiger partial charge in [-0.3, -0.25) is 0 Å². The number of allylic oxidation sites excluding steroid dienone is 4. The van der Waals surface area contributed by atoms with E-state index in [1.807, 2.05) is 72.8 Å². The average Bonchev–Trinajstić information content (AvgIpc) is 3.01. The molecule has 0 radical (unpaired) electrons. The molecule has 0 saturated heterocycles. The highest BCUT2D eigenvalue weighted by Gasteiger charge is 2.22. The van der Waals surface area contributed by atoms with E-state index in [9.17, 15) is 0 Å². The lowest BCUT2D eigenvalue weighted by atomic mass is 9.99. The van der Waals surface area contributed by atoms with Crippen LogP contribution in [0, 0.1) is 0 Å². The summed E-state index contributed by atoms with van der Waals surface area (Å²) in [6.45, 7) is 0. The van der Waals surface area contributed by atoms with E-state index in [1.54, 1.807) is 0 Å². The minimum atomic E-state index is 0.110. The van der Waals surface area contributed by atoms with E-state index >= 15 is 0 Å². The van der Waals surface area contributed by atoms with Gasteiger partial charge in [-0.05, 0) is 67.6 Å². The van der Waals surface area contributed by atoms with Gasteiger partial charge < -0.3 is 9.47 Å². The van der Waals surface area contributed by atoms with Crippen LogP contribution in [0.1, 0.15) is 18.2 Å². The maximum atomic E-state index is 6.22. The van der Waals surface area contributed by atoms with Crippen molar-refractivity contribution < 1.29 is 9.47 Å². The van der Waals surface area contributed by atoms with Crippen LogP contribution in [0.15, 0.2) is 118 Å². The van der Waals surface area contributed by atoms with Gasteiger partial charge >= 0.3 is 0 Å². The Labute approximate surface area is 248 Å². The van der Waals surface area contributed by atoms with E-state index in [4.69, 9.17) is 24.4 Å². The van der Waals surface area contributed by atoms with Crippen molar-refractivity contribution in [2.75, 3.05) is 0 Å². The van der Waals surface area contributed by atoms with Gasteiger partial charge in [0.05, 0.1) is 0 Å². The quantitative estimate of drug-likeness (QED) is 0.190. The molecular weight excluding hydrogens is 630 g/mol. The first-order chi connectivity index (χ1) is 19.6. The zero-order valence-electron chi connectivity index (χ0n) is 21.1. The number of hydrogen-bond acceptors (Lipinski definition) is 5. The Hall–Kier alpha value is -4.07. The Morgan fingerprint density at radius 3 is 1.98 bits per heavy atom. The third-order valence-electron chi connectivity index (χ3n) is 6.82. The Morgan fingerprint density at radius 2 is 1.23 bits per heavy atom. The largest absolute Gasteiger partial charge is 0.449 e. The molecule has 7 rings (SSSR count). The monoisotopic (exact) mass is 649 g/mol. The second kappa shape index (κ2) is 10.5. The molecule has 7 heteroatoms. The summed E-state index contributed by atoms with van der Waals surface area (Å²) in [5, 5.41) is 0. The second-order valence-electron chi connectivity index (χ2n) is 9.52. The van der Waals surface area contributed by atoms with Gasteiger partial charge in [-0.25, -0.2) is 15.0 Å². The van der Waals surface area contributed by atoms with Gasteiger partial charge in [0.25, 0.3) is 0 Å². The Morgan fingerprint density at radius 1 is 0.575 bits per heavy atom. The molecule has 40 heavy (non-hydrogen) atoms. The molecule has 0 N–H and O–H groups in total. The summed E-state index contributed by atoms with van der Waals surface area (Å²) in [7, 11) is 0. The zero-order chi connectivity index (χ0) is 27.1. The molecule has 0 bridgehead atoms. The van der Waals surface area contributed by atoms with Crippen molar-refractivity contribution in [1.29, 1.82) is 0 Å². The smallest absolute Gasteiger partial charge is 0.171 e. The lowest BCUT2D eigenvalue weighted by molar-refractivity contribution is 0.359. The third-order valence-corrected chi connectivity index (χ3v) is 8.67. The number of rotatable bonds is 4. The number of fused-ring (bicyclic) bond motifs is 2. The van der Waals surface area contributed by atoms with E-state index in [0.29, 0.717) is 34.6 Å². The van der Waals surface area contributed by atoms with Crippen molar-refractivity contribution in [2.45, 2.75) is 12.3 Å². The van der Waals surface area contributed by atoms with Crippen molar-refractivity contribution >= 4 is 31.9 Å². The first-order valence-corrected chi connectivity index (χ1v) is 14.4. The molecule has 0 amide bonds. The van der Waals surface area contributed by atoms with Gasteiger partial charge in [0, 0.05) is 38.1 Å². The van der Waals surface area contributed by atoms with Crippen molar-refractivity contribution in [2.24, 2.45) is 0 Å². The van der Waals surface area contributed by atoms with Crippen LogP contribution in [0.4, 0.5) is 0 Å². The first kappa shape index (κ1) is 24.9. The molecule has 5 aromatic rings. The fraction of sp³-hybridized carbons (Fsp3) is 0.0606. The molecule has 0 fully saturated rings. The highest BCUT2D eigenvalue weighted by atomic mass is 79.9. The van der Waals surface area contributed by atoms with Crippen LogP contribution in [0.5, 0.6) is 23.0 Å². The van der Waals surface area contributed by atoms with Gasteiger partial charge in [-0.2, -0.15) is 0 Å². The molecule has 5 nitrogen and oxygen atoms in total. The van der Waals surface area contributed by atoms with Gasteiger partial charge in [-0.1, -0.05) is 78.9 Å². The number of ether oxygens (including phenoxy) is 2. The van der Waals surface area contributed by atoms with Crippen LogP contribution in [0.3, 0.4) is 0 Å². The van der Waals surface area contributed by atoms with Gasteiger partial charge in [0.1, 0.15) is 5.82 Å². The number of halogens is 2. The van der Waals surface area contributed by atoms with Crippen molar-refractivity contribution in [1.82, 2.24) is 15.0 Å². The molecule has 1 aliphatic carbocycles. The summed E-state index contributed by atoms with van der Waals surface area (Å²) in [5.41, 5.74) is 3.91. The van der Waals surface area contributed by atoms with Crippen LogP contribution in [-0.2, 0) is 0 Å².